The van der Waals surface area contributed by atoms with Crippen LogP contribution >= 0.6 is 11.6 Å². The molecule has 2 aromatic rings. The minimum absolute atomic E-state index is 0.154. The van der Waals surface area contributed by atoms with Crippen molar-refractivity contribution in [2.45, 2.75) is 13.0 Å². The van der Waals surface area contributed by atoms with Crippen molar-refractivity contribution >= 4 is 11.6 Å². The number of aliphatic hydroxyl groups excluding tert-OH is 1. The topological polar surface area (TPSA) is 51.6 Å². The molecule has 0 aliphatic carbocycles. The van der Waals surface area contributed by atoms with Gasteiger partial charge in [0, 0.05) is 35.5 Å². The molecule has 0 radical (unpaired) electrons. The molecule has 0 aliphatic heterocycles. The Morgan fingerprint density at radius 1 is 1.35 bits per heavy atom. The van der Waals surface area contributed by atoms with Crippen LogP contribution in [0.25, 0.3) is 0 Å². The Morgan fingerprint density at radius 2 is 2.20 bits per heavy atom. The Kier molecular flexibility index (Phi) is 5.21. The van der Waals surface area contributed by atoms with Crippen LogP contribution in [0.3, 0.4) is 0 Å². The van der Waals surface area contributed by atoms with Gasteiger partial charge in [-0.1, -0.05) is 17.7 Å². The number of aliphatic hydroxyl groups is 1. The van der Waals surface area contributed by atoms with Crippen molar-refractivity contribution in [1.29, 1.82) is 0 Å². The van der Waals surface area contributed by atoms with Crippen LogP contribution in [0.5, 0.6) is 11.5 Å². The van der Waals surface area contributed by atoms with Gasteiger partial charge in [0.25, 0.3) is 0 Å². The highest BCUT2D eigenvalue weighted by atomic mass is 35.5. The summed E-state index contributed by atoms with van der Waals surface area (Å²) in [5.41, 5.74) is 1.70. The Morgan fingerprint density at radius 3 is 2.85 bits per heavy atom. The predicted molar refractivity (Wildman–Crippen MR) is 77.4 cm³/mol. The molecule has 0 amide bonds. The summed E-state index contributed by atoms with van der Waals surface area (Å²) >= 11 is 5.95. The normalized spacial score (nSPS) is 10.3. The van der Waals surface area contributed by atoms with Crippen LogP contribution in [0.15, 0.2) is 36.7 Å². The van der Waals surface area contributed by atoms with E-state index in [4.69, 9.17) is 21.1 Å². The van der Waals surface area contributed by atoms with Crippen molar-refractivity contribution in [1.82, 2.24) is 4.98 Å². The van der Waals surface area contributed by atoms with E-state index < -0.39 is 0 Å². The lowest BCUT2D eigenvalue weighted by molar-refractivity contribution is 0.256. The lowest BCUT2D eigenvalue weighted by Crippen LogP contribution is -2.05. The van der Waals surface area contributed by atoms with E-state index >= 15 is 0 Å². The first kappa shape index (κ1) is 14.6. The maximum atomic E-state index is 9.38. The molecule has 0 saturated heterocycles. The van der Waals surface area contributed by atoms with Crippen LogP contribution in [0.4, 0.5) is 0 Å². The summed E-state index contributed by atoms with van der Waals surface area (Å²) in [6, 6.07) is 7.21. The molecule has 1 aromatic heterocycles. The number of pyridine rings is 1. The summed E-state index contributed by atoms with van der Waals surface area (Å²) in [6.07, 6.45) is 4.26. The monoisotopic (exact) mass is 293 g/mol. The van der Waals surface area contributed by atoms with E-state index in [2.05, 4.69) is 4.98 Å². The summed E-state index contributed by atoms with van der Waals surface area (Å²) in [7, 11) is 1.54. The highest BCUT2D eigenvalue weighted by Crippen LogP contribution is 2.34. The van der Waals surface area contributed by atoms with Gasteiger partial charge < -0.3 is 14.6 Å². The van der Waals surface area contributed by atoms with E-state index in [1.807, 2.05) is 12.1 Å². The Bertz CT molecular complexity index is 535. The van der Waals surface area contributed by atoms with E-state index in [9.17, 15) is 5.11 Å². The van der Waals surface area contributed by atoms with Crippen molar-refractivity contribution in [3.63, 3.8) is 0 Å². The quantitative estimate of drug-likeness (QED) is 0.890. The van der Waals surface area contributed by atoms with E-state index in [1.165, 1.54) is 0 Å². The van der Waals surface area contributed by atoms with Gasteiger partial charge in [-0.15, -0.1) is 0 Å². The van der Waals surface area contributed by atoms with Crippen LogP contribution in [0, 0.1) is 0 Å². The third-order valence-corrected chi connectivity index (χ3v) is 3.06. The predicted octanol–water partition coefficient (Wildman–Crippen LogP) is 2.86. The molecular formula is C15H16ClNO3. The Balaban J connectivity index is 2.08. The molecule has 0 spiro atoms. The van der Waals surface area contributed by atoms with E-state index in [0.29, 0.717) is 28.7 Å². The maximum Gasteiger partial charge on any atom is 0.166 e. The standard InChI is InChI=1S/C15H16ClNO3/c1-19-14-8-13(16)7-12(10-18)15(14)20-6-4-11-3-2-5-17-9-11/h2-3,5,7-9,18H,4,6,10H2,1H3. The fraction of sp³-hybridized carbons (Fsp3) is 0.267. The summed E-state index contributed by atoms with van der Waals surface area (Å²) < 4.78 is 11.0. The second kappa shape index (κ2) is 7.12. The van der Waals surface area contributed by atoms with Gasteiger partial charge in [0.15, 0.2) is 11.5 Å². The average molecular weight is 294 g/mol. The number of benzene rings is 1. The van der Waals surface area contributed by atoms with Crippen molar-refractivity contribution in [3.8, 4) is 11.5 Å². The van der Waals surface area contributed by atoms with Crippen LogP contribution in [0.1, 0.15) is 11.1 Å². The fourth-order valence-electron chi connectivity index (χ4n) is 1.87. The third-order valence-electron chi connectivity index (χ3n) is 2.85. The number of methoxy groups -OCH3 is 1. The molecule has 0 saturated carbocycles. The molecular weight excluding hydrogens is 278 g/mol. The SMILES string of the molecule is COc1cc(Cl)cc(CO)c1OCCc1cccnc1. The number of ether oxygens (including phenoxy) is 2. The zero-order valence-corrected chi connectivity index (χ0v) is 11.9. The molecule has 4 nitrogen and oxygen atoms in total. The first-order chi connectivity index (χ1) is 9.74. The lowest BCUT2D eigenvalue weighted by Gasteiger charge is -2.14. The van der Waals surface area contributed by atoms with Gasteiger partial charge in [-0.25, -0.2) is 0 Å². The van der Waals surface area contributed by atoms with Gasteiger partial charge in [0.05, 0.1) is 20.3 Å². The lowest BCUT2D eigenvalue weighted by atomic mass is 10.2. The number of hydrogen-bond donors (Lipinski definition) is 1. The first-order valence-electron chi connectivity index (χ1n) is 6.23. The van der Waals surface area contributed by atoms with E-state index in [-0.39, 0.29) is 6.61 Å². The van der Waals surface area contributed by atoms with Gasteiger partial charge in [-0.3, -0.25) is 4.98 Å². The van der Waals surface area contributed by atoms with Crippen molar-refractivity contribution < 1.29 is 14.6 Å². The summed E-state index contributed by atoms with van der Waals surface area (Å²) in [6.45, 7) is 0.315. The second-order valence-corrected chi connectivity index (χ2v) is 4.65. The average Bonchev–Trinajstić information content (AvgIpc) is 2.49. The van der Waals surface area contributed by atoms with E-state index in [1.54, 1.807) is 31.6 Å². The van der Waals surface area contributed by atoms with Crippen LogP contribution in [-0.2, 0) is 13.0 Å². The largest absolute Gasteiger partial charge is 0.493 e. The van der Waals surface area contributed by atoms with Gasteiger partial charge in [0.2, 0.25) is 0 Å². The molecule has 5 heteroatoms. The molecule has 0 bridgehead atoms. The van der Waals surface area contributed by atoms with Gasteiger partial charge >= 0.3 is 0 Å². The Hall–Kier alpha value is -1.78. The van der Waals surface area contributed by atoms with Crippen molar-refractivity contribution in [2.24, 2.45) is 0 Å². The first-order valence-corrected chi connectivity index (χ1v) is 6.61. The number of halogens is 1. The molecule has 1 heterocycles. The highest BCUT2D eigenvalue weighted by Gasteiger charge is 2.12. The van der Waals surface area contributed by atoms with Crippen molar-refractivity contribution in [2.75, 3.05) is 13.7 Å². The zero-order valence-electron chi connectivity index (χ0n) is 11.2. The highest BCUT2D eigenvalue weighted by molar-refractivity contribution is 6.30. The molecule has 20 heavy (non-hydrogen) atoms. The molecule has 0 fully saturated rings. The van der Waals surface area contributed by atoms with Crippen LogP contribution in [0.2, 0.25) is 5.02 Å². The zero-order chi connectivity index (χ0) is 14.4. The van der Waals surface area contributed by atoms with E-state index in [0.717, 1.165) is 12.0 Å². The molecule has 0 unspecified atom stereocenters. The van der Waals surface area contributed by atoms with Crippen LogP contribution < -0.4 is 9.47 Å². The molecule has 106 valence electrons. The number of aromatic nitrogens is 1. The third kappa shape index (κ3) is 3.62. The van der Waals surface area contributed by atoms with Gasteiger partial charge in [-0.05, 0) is 17.7 Å². The maximum absolute atomic E-state index is 9.38. The smallest absolute Gasteiger partial charge is 0.166 e. The molecule has 1 N–H and O–H groups in total. The summed E-state index contributed by atoms with van der Waals surface area (Å²) in [5, 5.41) is 9.88. The molecule has 0 atom stereocenters. The van der Waals surface area contributed by atoms with Gasteiger partial charge in [0.1, 0.15) is 0 Å². The van der Waals surface area contributed by atoms with Crippen LogP contribution in [-0.4, -0.2) is 23.8 Å². The minimum atomic E-state index is -0.154. The fourth-order valence-corrected chi connectivity index (χ4v) is 2.10. The van der Waals surface area contributed by atoms with Crippen molar-refractivity contribution in [3.05, 3.63) is 52.8 Å². The second-order valence-electron chi connectivity index (χ2n) is 4.21. The molecule has 0 aliphatic rings. The number of nitrogens with zero attached hydrogens (tertiary/aromatic N) is 1. The molecule has 2 rings (SSSR count). The molecule has 1 aromatic carbocycles. The minimum Gasteiger partial charge on any atom is -0.493 e. The summed E-state index contributed by atoms with van der Waals surface area (Å²) in [5.74, 6) is 1.05. The summed E-state index contributed by atoms with van der Waals surface area (Å²) in [4.78, 5) is 4.05. The van der Waals surface area contributed by atoms with Gasteiger partial charge in [-0.2, -0.15) is 0 Å². The number of hydrogen-bond acceptors (Lipinski definition) is 4. The number of rotatable bonds is 6. The Labute approximate surface area is 122 Å².